The van der Waals surface area contributed by atoms with E-state index in [0.29, 0.717) is 0 Å². The number of hydrogen-bond donors (Lipinski definition) is 1. The summed E-state index contributed by atoms with van der Waals surface area (Å²) >= 11 is 1.93. The van der Waals surface area contributed by atoms with Crippen LogP contribution in [0.3, 0.4) is 0 Å². The molecule has 3 rings (SSSR count). The van der Waals surface area contributed by atoms with Crippen LogP contribution in [-0.4, -0.2) is 24.7 Å². The Labute approximate surface area is 161 Å². The molecule has 2 nitrogen and oxygen atoms in total. The summed E-state index contributed by atoms with van der Waals surface area (Å²) in [4.78, 5) is 6.00. The van der Waals surface area contributed by atoms with Crippen LogP contribution in [0.5, 0.6) is 0 Å². The molecule has 1 heterocycles. The Morgan fingerprint density at radius 2 is 2.15 bits per heavy atom. The molecule has 136 valence electrons. The summed E-state index contributed by atoms with van der Waals surface area (Å²) in [5, 5.41) is 3.46. The van der Waals surface area contributed by atoms with Crippen molar-refractivity contribution in [3.63, 3.8) is 0 Å². The zero-order valence-corrected chi connectivity index (χ0v) is 16.6. The minimum absolute atomic E-state index is 0.926. The van der Waals surface area contributed by atoms with Crippen LogP contribution < -0.4 is 5.32 Å². The first-order valence-corrected chi connectivity index (χ1v) is 10.4. The SMILES string of the molecule is C/C=C\C=C1/CC=CC(C)=C(CSc2ccccc2C2=NCCCN2)C1. The topological polar surface area (TPSA) is 24.4 Å². The molecule has 3 heteroatoms. The summed E-state index contributed by atoms with van der Waals surface area (Å²) in [5.41, 5.74) is 5.66. The zero-order valence-electron chi connectivity index (χ0n) is 15.8. The van der Waals surface area contributed by atoms with Gasteiger partial charge in [0, 0.05) is 29.3 Å². The molecule has 0 unspecified atom stereocenters. The maximum Gasteiger partial charge on any atom is 0.129 e. The van der Waals surface area contributed by atoms with E-state index in [9.17, 15) is 0 Å². The largest absolute Gasteiger partial charge is 0.370 e. The fourth-order valence-corrected chi connectivity index (χ4v) is 4.34. The quantitative estimate of drug-likeness (QED) is 0.679. The van der Waals surface area contributed by atoms with E-state index in [4.69, 9.17) is 0 Å². The molecule has 0 amide bonds. The smallest absolute Gasteiger partial charge is 0.129 e. The van der Waals surface area contributed by atoms with Crippen LogP contribution in [0, 0.1) is 0 Å². The van der Waals surface area contributed by atoms with E-state index in [1.807, 2.05) is 11.8 Å². The molecule has 1 aromatic rings. The van der Waals surface area contributed by atoms with Gasteiger partial charge in [0.25, 0.3) is 0 Å². The number of thioether (sulfide) groups is 1. The van der Waals surface area contributed by atoms with E-state index in [2.05, 4.69) is 78.8 Å². The van der Waals surface area contributed by atoms with E-state index < -0.39 is 0 Å². The molecule has 1 aliphatic carbocycles. The third-order valence-corrected chi connectivity index (χ3v) is 5.87. The fraction of sp³-hybridized carbons (Fsp3) is 0.348. The highest BCUT2D eigenvalue weighted by atomic mass is 32.2. The van der Waals surface area contributed by atoms with Crippen LogP contribution in [-0.2, 0) is 0 Å². The summed E-state index contributed by atoms with van der Waals surface area (Å²) in [7, 11) is 0. The van der Waals surface area contributed by atoms with Crippen molar-refractivity contribution in [2.24, 2.45) is 4.99 Å². The zero-order chi connectivity index (χ0) is 18.2. The molecule has 0 fully saturated rings. The van der Waals surface area contributed by atoms with E-state index in [-0.39, 0.29) is 0 Å². The second-order valence-electron chi connectivity index (χ2n) is 6.72. The number of hydrogen-bond acceptors (Lipinski definition) is 3. The van der Waals surface area contributed by atoms with Crippen molar-refractivity contribution in [1.29, 1.82) is 0 Å². The van der Waals surface area contributed by atoms with Gasteiger partial charge in [-0.25, -0.2) is 0 Å². The number of allylic oxidation sites excluding steroid dienone is 7. The lowest BCUT2D eigenvalue weighted by Crippen LogP contribution is -2.30. The lowest BCUT2D eigenvalue weighted by atomic mass is 10.0. The molecular formula is C23H28N2S. The number of benzene rings is 1. The van der Waals surface area contributed by atoms with Gasteiger partial charge in [0.1, 0.15) is 5.84 Å². The highest BCUT2D eigenvalue weighted by molar-refractivity contribution is 7.99. The van der Waals surface area contributed by atoms with Gasteiger partial charge in [0.05, 0.1) is 0 Å². The predicted octanol–water partition coefficient (Wildman–Crippen LogP) is 5.69. The average Bonchev–Trinajstić information content (AvgIpc) is 2.87. The molecule has 1 aromatic carbocycles. The molecule has 0 saturated heterocycles. The highest BCUT2D eigenvalue weighted by Gasteiger charge is 2.14. The molecule has 0 atom stereocenters. The van der Waals surface area contributed by atoms with E-state index in [1.165, 1.54) is 27.2 Å². The molecule has 0 saturated carbocycles. The molecule has 2 aliphatic rings. The number of aliphatic imine (C=N–C) groups is 1. The van der Waals surface area contributed by atoms with Crippen molar-refractivity contribution in [3.8, 4) is 0 Å². The van der Waals surface area contributed by atoms with Crippen LogP contribution in [0.2, 0.25) is 0 Å². The molecule has 1 aliphatic heterocycles. The van der Waals surface area contributed by atoms with E-state index in [1.54, 1.807) is 0 Å². The first-order chi connectivity index (χ1) is 12.8. The van der Waals surface area contributed by atoms with Crippen molar-refractivity contribution < 1.29 is 0 Å². The van der Waals surface area contributed by atoms with Gasteiger partial charge in [-0.1, -0.05) is 65.3 Å². The van der Waals surface area contributed by atoms with Gasteiger partial charge in [-0.05, 0) is 39.2 Å². The average molecular weight is 365 g/mol. The first kappa shape index (κ1) is 18.8. The lowest BCUT2D eigenvalue weighted by molar-refractivity contribution is 0.741. The maximum atomic E-state index is 4.68. The normalized spacial score (nSPS) is 19.6. The Morgan fingerprint density at radius 1 is 1.27 bits per heavy atom. The van der Waals surface area contributed by atoms with Gasteiger partial charge in [0.2, 0.25) is 0 Å². The molecule has 0 aromatic heterocycles. The Hall–Kier alpha value is -2.00. The third-order valence-electron chi connectivity index (χ3n) is 4.71. The van der Waals surface area contributed by atoms with Crippen molar-refractivity contribution in [3.05, 3.63) is 76.9 Å². The van der Waals surface area contributed by atoms with E-state index in [0.717, 1.165) is 43.9 Å². The van der Waals surface area contributed by atoms with Crippen LogP contribution in [0.4, 0.5) is 0 Å². The summed E-state index contributed by atoms with van der Waals surface area (Å²) in [6.45, 7) is 6.26. The number of rotatable bonds is 5. The minimum Gasteiger partial charge on any atom is -0.370 e. The molecule has 0 radical (unpaired) electrons. The second kappa shape index (κ2) is 9.63. The Kier molecular flexibility index (Phi) is 6.96. The Balaban J connectivity index is 1.76. The Morgan fingerprint density at radius 3 is 2.96 bits per heavy atom. The molecule has 26 heavy (non-hydrogen) atoms. The first-order valence-electron chi connectivity index (χ1n) is 9.44. The third kappa shape index (κ3) is 5.01. The van der Waals surface area contributed by atoms with Crippen LogP contribution in [0.15, 0.2) is 81.3 Å². The number of nitrogens with zero attached hydrogens (tertiary/aromatic N) is 1. The predicted molar refractivity (Wildman–Crippen MR) is 115 cm³/mol. The van der Waals surface area contributed by atoms with Gasteiger partial charge in [-0.3, -0.25) is 4.99 Å². The van der Waals surface area contributed by atoms with Crippen LogP contribution in [0.25, 0.3) is 0 Å². The van der Waals surface area contributed by atoms with Gasteiger partial charge in [-0.15, -0.1) is 11.8 Å². The molecule has 1 N–H and O–H groups in total. The number of amidine groups is 1. The molecular weight excluding hydrogens is 336 g/mol. The standard InChI is InChI=1S/C23H28N2S/c1-3-4-10-19-11-7-9-18(2)20(16-19)17-26-22-13-6-5-12-21(22)23-24-14-8-15-25-23/h3-7,9-10,12-13H,8,11,14-17H2,1-2H3,(H,24,25)/b4-3-,19-10+. The summed E-state index contributed by atoms with van der Waals surface area (Å²) < 4.78 is 0. The summed E-state index contributed by atoms with van der Waals surface area (Å²) in [5.74, 6) is 2.08. The van der Waals surface area contributed by atoms with Gasteiger partial charge in [-0.2, -0.15) is 0 Å². The van der Waals surface area contributed by atoms with Gasteiger partial charge in [0.15, 0.2) is 0 Å². The van der Waals surface area contributed by atoms with Gasteiger partial charge >= 0.3 is 0 Å². The lowest BCUT2D eigenvalue weighted by Gasteiger charge is -2.18. The summed E-state index contributed by atoms with van der Waals surface area (Å²) in [6.07, 6.45) is 14.3. The van der Waals surface area contributed by atoms with Crippen molar-refractivity contribution in [2.75, 3.05) is 18.8 Å². The van der Waals surface area contributed by atoms with Crippen molar-refractivity contribution in [2.45, 2.75) is 38.0 Å². The second-order valence-corrected chi connectivity index (χ2v) is 7.73. The van der Waals surface area contributed by atoms with Crippen molar-refractivity contribution in [1.82, 2.24) is 5.32 Å². The molecule has 0 spiro atoms. The van der Waals surface area contributed by atoms with Gasteiger partial charge < -0.3 is 5.32 Å². The molecule has 0 bridgehead atoms. The van der Waals surface area contributed by atoms with Crippen LogP contribution >= 0.6 is 11.8 Å². The maximum absolute atomic E-state index is 4.68. The van der Waals surface area contributed by atoms with Crippen LogP contribution in [0.1, 0.15) is 38.7 Å². The minimum atomic E-state index is 0.926. The summed E-state index contributed by atoms with van der Waals surface area (Å²) in [6, 6.07) is 8.64. The number of nitrogens with one attached hydrogen (secondary N) is 1. The highest BCUT2D eigenvalue weighted by Crippen LogP contribution is 2.31. The van der Waals surface area contributed by atoms with Crippen molar-refractivity contribution >= 4 is 17.6 Å². The monoisotopic (exact) mass is 364 g/mol. The fourth-order valence-electron chi connectivity index (χ4n) is 3.18. The Bertz CT molecular complexity index is 781. The van der Waals surface area contributed by atoms with E-state index >= 15 is 0 Å².